The van der Waals surface area contributed by atoms with Crippen LogP contribution in [0.1, 0.15) is 37.6 Å². The topological polar surface area (TPSA) is 46.3 Å². The molecule has 0 aliphatic carbocycles. The van der Waals surface area contributed by atoms with Gasteiger partial charge in [-0.15, -0.1) is 0 Å². The molecule has 1 fully saturated rings. The van der Waals surface area contributed by atoms with E-state index in [1.807, 2.05) is 0 Å². The van der Waals surface area contributed by atoms with Crippen molar-refractivity contribution in [2.45, 2.75) is 27.2 Å². The van der Waals surface area contributed by atoms with Crippen LogP contribution in [0.25, 0.3) is 0 Å². The van der Waals surface area contributed by atoms with Crippen molar-refractivity contribution in [1.29, 1.82) is 0 Å². The van der Waals surface area contributed by atoms with Gasteiger partial charge in [0, 0.05) is 13.1 Å². The largest absolute Gasteiger partial charge is 0.396 e. The van der Waals surface area contributed by atoms with E-state index in [-0.39, 0.29) is 11.1 Å². The number of amides is 1. The summed E-state index contributed by atoms with van der Waals surface area (Å²) in [6, 6.07) is 2.16. The molecule has 20 heavy (non-hydrogen) atoms. The summed E-state index contributed by atoms with van der Waals surface area (Å²) < 4.78 is 27.6. The molecule has 5 heteroatoms. The zero-order valence-corrected chi connectivity index (χ0v) is 12.0. The van der Waals surface area contributed by atoms with E-state index < -0.39 is 23.1 Å². The molecule has 0 saturated carbocycles. The molecule has 1 aromatic rings. The van der Waals surface area contributed by atoms with Gasteiger partial charge in [-0.05, 0) is 29.9 Å². The van der Waals surface area contributed by atoms with Crippen molar-refractivity contribution >= 4 is 11.6 Å². The van der Waals surface area contributed by atoms with Crippen molar-refractivity contribution in [2.24, 2.45) is 11.3 Å². The molecule has 2 rings (SSSR count). The summed E-state index contributed by atoms with van der Waals surface area (Å²) >= 11 is 0. The Kier molecular flexibility index (Phi) is 3.71. The van der Waals surface area contributed by atoms with E-state index >= 15 is 0 Å². The molecule has 1 saturated heterocycles. The van der Waals surface area contributed by atoms with Crippen molar-refractivity contribution in [2.75, 3.05) is 18.8 Å². The Morgan fingerprint density at radius 3 is 2.55 bits per heavy atom. The molecule has 1 unspecified atom stereocenters. The molecule has 2 N–H and O–H groups in total. The quantitative estimate of drug-likeness (QED) is 0.805. The first-order valence-corrected chi connectivity index (χ1v) is 6.74. The molecule has 0 spiro atoms. The fourth-order valence-corrected chi connectivity index (χ4v) is 2.57. The van der Waals surface area contributed by atoms with Gasteiger partial charge in [0.2, 0.25) is 0 Å². The van der Waals surface area contributed by atoms with Crippen LogP contribution in [0.15, 0.2) is 12.1 Å². The zero-order valence-electron chi connectivity index (χ0n) is 12.0. The number of carbonyl (C=O) groups excluding carboxylic acids is 1. The number of likely N-dealkylation sites (tertiary alicyclic amines) is 1. The molecule has 0 radical (unpaired) electrons. The van der Waals surface area contributed by atoms with Gasteiger partial charge in [-0.3, -0.25) is 4.79 Å². The summed E-state index contributed by atoms with van der Waals surface area (Å²) in [5, 5.41) is 0. The van der Waals surface area contributed by atoms with E-state index in [1.54, 1.807) is 0 Å². The third-order valence-corrected chi connectivity index (χ3v) is 4.04. The highest BCUT2D eigenvalue weighted by Crippen LogP contribution is 2.34. The van der Waals surface area contributed by atoms with Crippen LogP contribution in [0.2, 0.25) is 0 Å². The van der Waals surface area contributed by atoms with Crippen molar-refractivity contribution in [1.82, 2.24) is 4.90 Å². The van der Waals surface area contributed by atoms with Gasteiger partial charge in [-0.1, -0.05) is 20.8 Å². The van der Waals surface area contributed by atoms with Gasteiger partial charge in [-0.2, -0.15) is 0 Å². The van der Waals surface area contributed by atoms with Crippen LogP contribution in [0, 0.1) is 23.0 Å². The summed E-state index contributed by atoms with van der Waals surface area (Å²) in [4.78, 5) is 13.8. The van der Waals surface area contributed by atoms with Crippen LogP contribution in [0.4, 0.5) is 14.5 Å². The average Bonchev–Trinajstić information content (AvgIpc) is 2.83. The minimum atomic E-state index is -0.964. The molecule has 1 heterocycles. The third kappa shape index (κ3) is 2.62. The minimum Gasteiger partial charge on any atom is -0.396 e. The van der Waals surface area contributed by atoms with E-state index in [2.05, 4.69) is 20.8 Å². The number of nitrogens with zero attached hydrogens (tertiary/aromatic N) is 1. The number of rotatable bonds is 1. The van der Waals surface area contributed by atoms with Crippen molar-refractivity contribution in [3.8, 4) is 0 Å². The summed E-state index contributed by atoms with van der Waals surface area (Å²) in [5.41, 5.74) is 4.73. The molecule has 110 valence electrons. The highest BCUT2D eigenvalue weighted by Gasteiger charge is 2.35. The predicted octanol–water partition coefficient (Wildman–Crippen LogP) is 3.06. The number of nitrogen functional groups attached to an aromatic ring is 1. The van der Waals surface area contributed by atoms with E-state index in [1.165, 1.54) is 4.90 Å². The highest BCUT2D eigenvalue weighted by molar-refractivity contribution is 5.95. The SMILES string of the molecule is CC(C)(C)C1CCN(C(=O)c2c(F)ccc(N)c2F)C1. The monoisotopic (exact) mass is 282 g/mol. The lowest BCUT2D eigenvalue weighted by molar-refractivity contribution is 0.0767. The van der Waals surface area contributed by atoms with E-state index in [0.29, 0.717) is 19.0 Å². The maximum Gasteiger partial charge on any atom is 0.259 e. The molecular weight excluding hydrogens is 262 g/mol. The molecule has 0 bridgehead atoms. The highest BCUT2D eigenvalue weighted by atomic mass is 19.1. The number of hydrogen-bond acceptors (Lipinski definition) is 2. The fourth-order valence-electron chi connectivity index (χ4n) is 2.57. The molecule has 1 aromatic carbocycles. The molecular formula is C15H20F2N2O. The molecule has 1 aliphatic rings. The average molecular weight is 282 g/mol. The van der Waals surface area contributed by atoms with Crippen molar-refractivity contribution in [3.05, 3.63) is 29.3 Å². The number of carbonyl (C=O) groups is 1. The first-order valence-electron chi connectivity index (χ1n) is 6.74. The lowest BCUT2D eigenvalue weighted by atomic mass is 9.80. The first-order chi connectivity index (χ1) is 9.21. The van der Waals surface area contributed by atoms with E-state index in [4.69, 9.17) is 5.73 Å². The molecule has 0 aromatic heterocycles. The normalized spacial score (nSPS) is 19.4. The van der Waals surface area contributed by atoms with Crippen LogP contribution >= 0.6 is 0 Å². The van der Waals surface area contributed by atoms with Crippen LogP contribution in [-0.4, -0.2) is 23.9 Å². The zero-order chi connectivity index (χ0) is 15.1. The van der Waals surface area contributed by atoms with Gasteiger partial charge in [0.25, 0.3) is 5.91 Å². The Morgan fingerprint density at radius 1 is 1.35 bits per heavy atom. The Balaban J connectivity index is 2.24. The Bertz CT molecular complexity index is 537. The van der Waals surface area contributed by atoms with Gasteiger partial charge >= 0.3 is 0 Å². The number of hydrogen-bond donors (Lipinski definition) is 1. The fraction of sp³-hybridized carbons (Fsp3) is 0.533. The summed E-state index contributed by atoms with van der Waals surface area (Å²) in [5.74, 6) is -2.10. The van der Waals surface area contributed by atoms with E-state index in [0.717, 1.165) is 18.6 Å². The van der Waals surface area contributed by atoms with Gasteiger partial charge in [-0.25, -0.2) is 8.78 Å². The third-order valence-electron chi connectivity index (χ3n) is 4.04. The van der Waals surface area contributed by atoms with Crippen LogP contribution < -0.4 is 5.73 Å². The van der Waals surface area contributed by atoms with Crippen LogP contribution in [0.3, 0.4) is 0 Å². The summed E-state index contributed by atoms with van der Waals surface area (Å²) in [6.45, 7) is 7.36. The Hall–Kier alpha value is -1.65. The van der Waals surface area contributed by atoms with Crippen LogP contribution in [0.5, 0.6) is 0 Å². The number of nitrogens with two attached hydrogens (primary N) is 1. The maximum absolute atomic E-state index is 13.9. The van der Waals surface area contributed by atoms with E-state index in [9.17, 15) is 13.6 Å². The number of halogens is 2. The Morgan fingerprint density at radius 2 is 2.00 bits per heavy atom. The molecule has 1 aliphatic heterocycles. The van der Waals surface area contributed by atoms with Gasteiger partial charge < -0.3 is 10.6 Å². The maximum atomic E-state index is 13.9. The molecule has 1 atom stereocenters. The van der Waals surface area contributed by atoms with Crippen molar-refractivity contribution in [3.63, 3.8) is 0 Å². The van der Waals surface area contributed by atoms with Gasteiger partial charge in [0.15, 0.2) is 5.82 Å². The number of benzene rings is 1. The molecule has 3 nitrogen and oxygen atoms in total. The number of anilines is 1. The Labute approximate surface area is 117 Å². The molecule has 1 amide bonds. The smallest absolute Gasteiger partial charge is 0.259 e. The van der Waals surface area contributed by atoms with Crippen LogP contribution in [-0.2, 0) is 0 Å². The second-order valence-electron chi connectivity index (χ2n) is 6.43. The lowest BCUT2D eigenvalue weighted by Crippen LogP contribution is -2.32. The predicted molar refractivity (Wildman–Crippen MR) is 74.2 cm³/mol. The second-order valence-corrected chi connectivity index (χ2v) is 6.43. The van der Waals surface area contributed by atoms with Gasteiger partial charge in [0.1, 0.15) is 11.4 Å². The first kappa shape index (κ1) is 14.8. The second kappa shape index (κ2) is 5.04. The summed E-state index contributed by atoms with van der Waals surface area (Å²) in [7, 11) is 0. The standard InChI is InChI=1S/C15H20F2N2O/c1-15(2,3)9-6-7-19(8-9)14(20)12-10(16)4-5-11(18)13(12)17/h4-5,9H,6-8,18H2,1-3H3. The van der Waals surface area contributed by atoms with Gasteiger partial charge in [0.05, 0.1) is 5.69 Å². The minimum absolute atomic E-state index is 0.0713. The summed E-state index contributed by atoms with van der Waals surface area (Å²) in [6.07, 6.45) is 0.848. The lowest BCUT2D eigenvalue weighted by Gasteiger charge is -2.27. The van der Waals surface area contributed by atoms with Crippen molar-refractivity contribution < 1.29 is 13.6 Å².